The van der Waals surface area contributed by atoms with E-state index in [1.54, 1.807) is 36.4 Å². The van der Waals surface area contributed by atoms with Crippen LogP contribution in [-0.2, 0) is 9.53 Å². The molecule has 4 saturated carbocycles. The highest BCUT2D eigenvalue weighted by molar-refractivity contribution is 5.87. The van der Waals surface area contributed by atoms with Crippen molar-refractivity contribution < 1.29 is 14.6 Å². The van der Waals surface area contributed by atoms with E-state index < -0.39 is 0 Å². The van der Waals surface area contributed by atoms with E-state index in [9.17, 15) is 9.90 Å². The number of esters is 1. The van der Waals surface area contributed by atoms with E-state index in [4.69, 9.17) is 4.74 Å². The van der Waals surface area contributed by atoms with Crippen LogP contribution < -0.4 is 0 Å². The SMILES string of the molecule is CC1(C)CC[C@]2(C)CC[C@]3(C)C(=CC[C@@H]4[C@@]5(C)CC[C@H](OC(=O)/C=C/c6ccc(O)cc6)C(C)(C)C5CC[C@]43C)C2C1. The third-order valence-corrected chi connectivity index (χ3v) is 14.6. The maximum atomic E-state index is 13.0. The highest BCUT2D eigenvalue weighted by atomic mass is 16.5. The summed E-state index contributed by atoms with van der Waals surface area (Å²) in [6, 6.07) is 6.89. The molecule has 3 heteroatoms. The minimum atomic E-state index is -0.260. The topological polar surface area (TPSA) is 46.5 Å². The first-order chi connectivity index (χ1) is 19.5. The Hall–Kier alpha value is -2.03. The number of hydrogen-bond donors (Lipinski definition) is 1. The average molecular weight is 573 g/mol. The van der Waals surface area contributed by atoms with Gasteiger partial charge in [-0.3, -0.25) is 0 Å². The van der Waals surface area contributed by atoms with Gasteiger partial charge in [-0.25, -0.2) is 4.79 Å². The van der Waals surface area contributed by atoms with Crippen molar-refractivity contribution in [1.82, 2.24) is 0 Å². The van der Waals surface area contributed by atoms with Crippen LogP contribution in [-0.4, -0.2) is 17.2 Å². The summed E-state index contributed by atoms with van der Waals surface area (Å²) in [6.45, 7) is 20.4. The molecule has 0 bridgehead atoms. The summed E-state index contributed by atoms with van der Waals surface area (Å²) in [6.07, 6.45) is 18.7. The molecule has 0 saturated heterocycles. The van der Waals surface area contributed by atoms with Crippen molar-refractivity contribution in [1.29, 1.82) is 0 Å². The monoisotopic (exact) mass is 572 g/mol. The molecule has 2 unspecified atom stereocenters. The quantitative estimate of drug-likeness (QED) is 0.223. The Kier molecular flexibility index (Phi) is 6.96. The largest absolute Gasteiger partial charge is 0.508 e. The molecule has 42 heavy (non-hydrogen) atoms. The smallest absolute Gasteiger partial charge is 0.331 e. The van der Waals surface area contributed by atoms with E-state index in [-0.39, 0.29) is 34.1 Å². The Bertz CT molecular complexity index is 1280. The third-order valence-electron chi connectivity index (χ3n) is 14.6. The predicted molar refractivity (Wildman–Crippen MR) is 172 cm³/mol. The van der Waals surface area contributed by atoms with Gasteiger partial charge in [-0.05, 0) is 133 Å². The first kappa shape index (κ1) is 30.0. The highest BCUT2D eigenvalue weighted by Gasteiger charge is 2.68. The molecule has 1 N–H and O–H groups in total. The molecular formula is C39H56O3. The Labute approximate surface area is 255 Å². The second-order valence-electron chi connectivity index (χ2n) is 17.6. The Morgan fingerprint density at radius 2 is 1.55 bits per heavy atom. The molecule has 6 rings (SSSR count). The normalized spacial score (nSPS) is 43.8. The van der Waals surface area contributed by atoms with E-state index in [1.165, 1.54) is 51.4 Å². The van der Waals surface area contributed by atoms with Crippen molar-refractivity contribution in [3.05, 3.63) is 47.6 Å². The van der Waals surface area contributed by atoms with Crippen LogP contribution in [0.2, 0.25) is 0 Å². The van der Waals surface area contributed by atoms with Crippen LogP contribution in [0, 0.1) is 50.2 Å². The summed E-state index contributed by atoms with van der Waals surface area (Å²) in [5.41, 5.74) is 4.43. The van der Waals surface area contributed by atoms with Crippen LogP contribution >= 0.6 is 0 Å². The second kappa shape index (κ2) is 9.73. The zero-order valence-corrected chi connectivity index (χ0v) is 27.7. The highest BCUT2D eigenvalue weighted by Crippen LogP contribution is 2.75. The van der Waals surface area contributed by atoms with Gasteiger partial charge in [-0.15, -0.1) is 0 Å². The summed E-state index contributed by atoms with van der Waals surface area (Å²) in [4.78, 5) is 13.0. The van der Waals surface area contributed by atoms with Crippen molar-refractivity contribution in [2.45, 2.75) is 126 Å². The second-order valence-corrected chi connectivity index (χ2v) is 17.6. The molecule has 1 aromatic rings. The first-order valence-electron chi connectivity index (χ1n) is 16.9. The van der Waals surface area contributed by atoms with Crippen molar-refractivity contribution in [3.63, 3.8) is 0 Å². The minimum absolute atomic E-state index is 0.0676. The number of fused-ring (bicyclic) bond motifs is 7. The molecule has 0 spiro atoms. The van der Waals surface area contributed by atoms with E-state index in [0.29, 0.717) is 28.1 Å². The summed E-state index contributed by atoms with van der Waals surface area (Å²) in [5.74, 6) is 1.91. The molecule has 5 aliphatic rings. The molecule has 8 atom stereocenters. The number of benzene rings is 1. The Morgan fingerprint density at radius 3 is 2.26 bits per heavy atom. The van der Waals surface area contributed by atoms with Gasteiger partial charge in [0, 0.05) is 11.5 Å². The number of hydrogen-bond acceptors (Lipinski definition) is 3. The molecule has 0 amide bonds. The van der Waals surface area contributed by atoms with Crippen molar-refractivity contribution in [2.75, 3.05) is 0 Å². The number of carbonyl (C=O) groups is 1. The van der Waals surface area contributed by atoms with E-state index in [2.05, 4.69) is 61.5 Å². The standard InChI is InChI=1S/C39H56O3/c1-34(2)21-22-36(5)23-24-38(7)28(29(36)25-34)14-15-31-37(6)19-18-32(35(3,4)30(37)17-20-39(31,38)8)42-33(41)16-11-26-9-12-27(40)13-10-26/h9-14,16,29-32,40H,15,17-25H2,1-8H3/b16-11+/t29?,30?,31-,32+,36-,37+,38-,39-/m1/s1. The van der Waals surface area contributed by atoms with Crippen LogP contribution in [0.5, 0.6) is 5.75 Å². The lowest BCUT2D eigenvalue weighted by Crippen LogP contribution is -2.64. The molecule has 4 fully saturated rings. The zero-order valence-electron chi connectivity index (χ0n) is 27.7. The van der Waals surface area contributed by atoms with Crippen molar-refractivity contribution >= 4 is 12.0 Å². The molecule has 5 aliphatic carbocycles. The van der Waals surface area contributed by atoms with Gasteiger partial charge in [-0.2, -0.15) is 0 Å². The Balaban J connectivity index is 1.24. The van der Waals surface area contributed by atoms with Gasteiger partial charge in [0.15, 0.2) is 0 Å². The van der Waals surface area contributed by atoms with Crippen LogP contribution in [0.1, 0.15) is 125 Å². The lowest BCUT2D eigenvalue weighted by Gasteiger charge is -2.71. The molecule has 0 heterocycles. The average Bonchev–Trinajstić information content (AvgIpc) is 2.91. The lowest BCUT2D eigenvalue weighted by molar-refractivity contribution is -0.210. The van der Waals surface area contributed by atoms with Gasteiger partial charge in [0.05, 0.1) is 0 Å². The molecule has 1 aromatic carbocycles. The fourth-order valence-electron chi connectivity index (χ4n) is 11.6. The number of aromatic hydroxyl groups is 1. The zero-order chi connectivity index (χ0) is 30.3. The maximum absolute atomic E-state index is 13.0. The van der Waals surface area contributed by atoms with E-state index >= 15 is 0 Å². The van der Waals surface area contributed by atoms with Gasteiger partial charge in [0.1, 0.15) is 11.9 Å². The number of phenolic OH excluding ortho intramolecular Hbond substituents is 1. The van der Waals surface area contributed by atoms with Gasteiger partial charge in [0.2, 0.25) is 0 Å². The number of phenols is 1. The fourth-order valence-corrected chi connectivity index (χ4v) is 11.6. The number of rotatable bonds is 3. The van der Waals surface area contributed by atoms with Crippen LogP contribution in [0.4, 0.5) is 0 Å². The minimum Gasteiger partial charge on any atom is -0.508 e. The molecule has 3 nitrogen and oxygen atoms in total. The number of allylic oxidation sites excluding steroid dienone is 2. The first-order valence-corrected chi connectivity index (χ1v) is 16.9. The van der Waals surface area contributed by atoms with Gasteiger partial charge in [0.25, 0.3) is 0 Å². The van der Waals surface area contributed by atoms with Crippen molar-refractivity contribution in [2.24, 2.45) is 50.2 Å². The molecule has 230 valence electrons. The molecular weight excluding hydrogens is 516 g/mol. The Morgan fingerprint density at radius 1 is 0.857 bits per heavy atom. The van der Waals surface area contributed by atoms with Crippen LogP contribution in [0.3, 0.4) is 0 Å². The van der Waals surface area contributed by atoms with Crippen molar-refractivity contribution in [3.8, 4) is 5.75 Å². The fraction of sp³-hybridized carbons (Fsp3) is 0.718. The van der Waals surface area contributed by atoms with E-state index in [0.717, 1.165) is 24.3 Å². The third kappa shape index (κ3) is 4.45. The maximum Gasteiger partial charge on any atom is 0.331 e. The summed E-state index contributed by atoms with van der Waals surface area (Å²) < 4.78 is 6.22. The van der Waals surface area contributed by atoms with Gasteiger partial charge < -0.3 is 9.84 Å². The number of carbonyl (C=O) groups excluding carboxylic acids is 1. The van der Waals surface area contributed by atoms with Gasteiger partial charge in [-0.1, -0.05) is 79.2 Å². The summed E-state index contributed by atoms with van der Waals surface area (Å²) in [5, 5.41) is 9.54. The van der Waals surface area contributed by atoms with Crippen LogP contribution in [0.15, 0.2) is 42.0 Å². The molecule has 0 aliphatic heterocycles. The molecule has 0 radical (unpaired) electrons. The van der Waals surface area contributed by atoms with E-state index in [1.807, 2.05) is 5.57 Å². The van der Waals surface area contributed by atoms with Crippen LogP contribution in [0.25, 0.3) is 6.08 Å². The predicted octanol–water partition coefficient (Wildman–Crippen LogP) is 10.1. The summed E-state index contributed by atoms with van der Waals surface area (Å²) >= 11 is 0. The number of ether oxygens (including phenoxy) is 1. The molecule has 0 aromatic heterocycles. The summed E-state index contributed by atoms with van der Waals surface area (Å²) in [7, 11) is 0. The van der Waals surface area contributed by atoms with Gasteiger partial charge >= 0.3 is 5.97 Å². The lowest BCUT2D eigenvalue weighted by atomic mass is 9.33.